The van der Waals surface area contributed by atoms with Crippen molar-refractivity contribution >= 4 is 16.0 Å². The lowest BCUT2D eigenvalue weighted by molar-refractivity contribution is 0.0108. The maximum Gasteiger partial charge on any atom is 0.338 e. The summed E-state index contributed by atoms with van der Waals surface area (Å²) >= 11 is 0. The first kappa shape index (κ1) is 16.9. The highest BCUT2D eigenvalue weighted by molar-refractivity contribution is 7.89. The van der Waals surface area contributed by atoms with Crippen molar-refractivity contribution < 1.29 is 17.9 Å². The van der Waals surface area contributed by atoms with Crippen molar-refractivity contribution in [3.8, 4) is 0 Å². The van der Waals surface area contributed by atoms with Gasteiger partial charge in [0.15, 0.2) is 0 Å². The Bertz CT molecular complexity index is 625. The smallest absolute Gasteiger partial charge is 0.338 e. The van der Waals surface area contributed by atoms with Gasteiger partial charge in [-0.3, -0.25) is 0 Å². The fourth-order valence-electron chi connectivity index (χ4n) is 2.41. The van der Waals surface area contributed by atoms with Crippen LogP contribution < -0.4 is 0 Å². The highest BCUT2D eigenvalue weighted by Crippen LogP contribution is 2.17. The van der Waals surface area contributed by atoms with Crippen molar-refractivity contribution in [3.05, 3.63) is 29.8 Å². The lowest BCUT2D eigenvalue weighted by Crippen LogP contribution is -2.38. The van der Waals surface area contributed by atoms with Gasteiger partial charge < -0.3 is 9.64 Å². The molecule has 0 radical (unpaired) electrons. The second-order valence-electron chi connectivity index (χ2n) is 5.74. The van der Waals surface area contributed by atoms with Gasteiger partial charge in [0.2, 0.25) is 10.0 Å². The van der Waals surface area contributed by atoms with Crippen LogP contribution in [0, 0.1) is 0 Å². The summed E-state index contributed by atoms with van der Waals surface area (Å²) in [5.74, 6) is -0.408. The number of sulfonamides is 1. The van der Waals surface area contributed by atoms with Gasteiger partial charge in [-0.2, -0.15) is 0 Å². The molecule has 1 fully saturated rings. The molecule has 0 amide bonds. The maximum absolute atomic E-state index is 12.1. The third kappa shape index (κ3) is 3.85. The van der Waals surface area contributed by atoms with Gasteiger partial charge in [0, 0.05) is 20.6 Å². The van der Waals surface area contributed by atoms with Crippen LogP contribution in [0.25, 0.3) is 0 Å². The predicted octanol–water partition coefficient (Wildman–Crippen LogP) is 1.19. The summed E-state index contributed by atoms with van der Waals surface area (Å²) in [4.78, 5) is 14.4. The van der Waals surface area contributed by atoms with Crippen molar-refractivity contribution in [1.82, 2.24) is 9.21 Å². The number of nitrogens with zero attached hydrogens (tertiary/aromatic N) is 2. The Morgan fingerprint density at radius 3 is 2.45 bits per heavy atom. The minimum absolute atomic E-state index is 0.101. The van der Waals surface area contributed by atoms with E-state index in [9.17, 15) is 13.2 Å². The van der Waals surface area contributed by atoms with Crippen LogP contribution in [0.4, 0.5) is 0 Å². The number of likely N-dealkylation sites (tertiary alicyclic amines) is 1. The third-order valence-corrected chi connectivity index (χ3v) is 5.55. The molecule has 1 heterocycles. The maximum atomic E-state index is 12.1. The molecule has 1 aliphatic rings. The molecular weight excluding hydrogens is 304 g/mol. The Labute approximate surface area is 131 Å². The fourth-order valence-corrected chi connectivity index (χ4v) is 3.31. The first-order valence-electron chi connectivity index (χ1n) is 7.23. The van der Waals surface area contributed by atoms with Crippen LogP contribution in [-0.2, 0) is 14.8 Å². The van der Waals surface area contributed by atoms with Crippen LogP contribution in [0.1, 0.15) is 23.2 Å². The Morgan fingerprint density at radius 1 is 1.27 bits per heavy atom. The van der Waals surface area contributed by atoms with Crippen LogP contribution in [0.15, 0.2) is 29.2 Å². The van der Waals surface area contributed by atoms with Crippen molar-refractivity contribution in [3.63, 3.8) is 0 Å². The summed E-state index contributed by atoms with van der Waals surface area (Å²) in [7, 11) is 1.46. The SMILES string of the molecule is CN1CCC[C@H](OC(=O)c2ccc(S(=O)(=O)N(C)C)cc2)C1. The molecule has 2 rings (SSSR count). The molecule has 0 aromatic heterocycles. The Morgan fingerprint density at radius 2 is 1.91 bits per heavy atom. The van der Waals surface area contributed by atoms with E-state index < -0.39 is 16.0 Å². The first-order chi connectivity index (χ1) is 10.3. The standard InChI is InChI=1S/C15H22N2O4S/c1-16(2)22(19,20)14-8-6-12(7-9-14)15(18)21-13-5-4-10-17(3)11-13/h6-9,13H,4-5,10-11H2,1-3H3/t13-/m0/s1. The van der Waals surface area contributed by atoms with E-state index >= 15 is 0 Å². The van der Waals surface area contributed by atoms with E-state index in [1.54, 1.807) is 0 Å². The summed E-state index contributed by atoms with van der Waals surface area (Å²) in [6.07, 6.45) is 1.77. The first-order valence-corrected chi connectivity index (χ1v) is 8.67. The van der Waals surface area contributed by atoms with Crippen LogP contribution in [0.5, 0.6) is 0 Å². The average Bonchev–Trinajstić information content (AvgIpc) is 2.47. The summed E-state index contributed by atoms with van der Waals surface area (Å²) in [5.41, 5.74) is 0.367. The van der Waals surface area contributed by atoms with Gasteiger partial charge in [-0.15, -0.1) is 0 Å². The Balaban J connectivity index is 2.05. The number of ether oxygens (including phenoxy) is 1. The van der Waals surface area contributed by atoms with Crippen molar-refractivity contribution in [2.75, 3.05) is 34.2 Å². The summed E-state index contributed by atoms with van der Waals surface area (Å²) in [6.45, 7) is 1.75. The summed E-state index contributed by atoms with van der Waals surface area (Å²) in [6, 6.07) is 5.84. The molecule has 22 heavy (non-hydrogen) atoms. The number of carbonyl (C=O) groups is 1. The second kappa shape index (κ2) is 6.76. The largest absolute Gasteiger partial charge is 0.457 e. The molecule has 1 aromatic rings. The van der Waals surface area contributed by atoms with Crippen molar-refractivity contribution in [2.45, 2.75) is 23.8 Å². The number of benzene rings is 1. The van der Waals surface area contributed by atoms with Gasteiger partial charge in [-0.05, 0) is 50.7 Å². The van der Waals surface area contributed by atoms with Gasteiger partial charge in [0.1, 0.15) is 6.10 Å². The van der Waals surface area contributed by atoms with Crippen molar-refractivity contribution in [2.24, 2.45) is 0 Å². The Kier molecular flexibility index (Phi) is 5.20. The monoisotopic (exact) mass is 326 g/mol. The van der Waals surface area contributed by atoms with Gasteiger partial charge >= 0.3 is 5.97 Å². The van der Waals surface area contributed by atoms with E-state index in [1.807, 2.05) is 7.05 Å². The van der Waals surface area contributed by atoms with Crippen molar-refractivity contribution in [1.29, 1.82) is 0 Å². The minimum Gasteiger partial charge on any atom is -0.457 e. The van der Waals surface area contributed by atoms with Crippen LogP contribution in [-0.4, -0.2) is 63.9 Å². The predicted molar refractivity (Wildman–Crippen MR) is 83.2 cm³/mol. The topological polar surface area (TPSA) is 66.9 Å². The van der Waals surface area contributed by atoms with Crippen LogP contribution in [0.3, 0.4) is 0 Å². The van der Waals surface area contributed by atoms with Gasteiger partial charge in [0.05, 0.1) is 10.5 Å². The van der Waals surface area contributed by atoms with E-state index in [0.717, 1.165) is 30.2 Å². The quantitative estimate of drug-likeness (QED) is 0.778. The summed E-state index contributed by atoms with van der Waals surface area (Å²) < 4.78 is 30.6. The third-order valence-electron chi connectivity index (χ3n) is 3.72. The molecule has 0 unspecified atom stereocenters. The zero-order valence-electron chi connectivity index (χ0n) is 13.2. The van der Waals surface area contributed by atoms with Gasteiger partial charge in [-0.1, -0.05) is 0 Å². The minimum atomic E-state index is -3.48. The van der Waals surface area contributed by atoms with E-state index in [0.29, 0.717) is 5.56 Å². The van der Waals surface area contributed by atoms with Crippen LogP contribution in [0.2, 0.25) is 0 Å². The number of likely N-dealkylation sites (N-methyl/N-ethyl adjacent to an activating group) is 1. The molecule has 122 valence electrons. The molecular formula is C15H22N2O4S. The highest BCUT2D eigenvalue weighted by atomic mass is 32.2. The van der Waals surface area contributed by atoms with Crippen LogP contribution >= 0.6 is 0 Å². The van der Waals surface area contributed by atoms with E-state index in [2.05, 4.69) is 4.90 Å². The molecule has 1 saturated heterocycles. The van der Waals surface area contributed by atoms with Gasteiger partial charge in [0.25, 0.3) is 0 Å². The molecule has 1 aromatic carbocycles. The second-order valence-corrected chi connectivity index (χ2v) is 7.90. The molecule has 0 N–H and O–H groups in total. The fraction of sp³-hybridized carbons (Fsp3) is 0.533. The zero-order chi connectivity index (χ0) is 16.3. The molecule has 0 bridgehead atoms. The molecule has 1 aliphatic heterocycles. The highest BCUT2D eigenvalue weighted by Gasteiger charge is 2.22. The normalized spacial score (nSPS) is 20.1. The lowest BCUT2D eigenvalue weighted by atomic mass is 10.1. The molecule has 0 aliphatic carbocycles. The number of piperidine rings is 1. The molecule has 0 saturated carbocycles. The lowest BCUT2D eigenvalue weighted by Gasteiger charge is -2.29. The molecule has 1 atom stereocenters. The number of esters is 1. The number of hydrogen-bond acceptors (Lipinski definition) is 5. The van der Waals surface area contributed by atoms with E-state index in [4.69, 9.17) is 4.74 Å². The number of carbonyl (C=O) groups excluding carboxylic acids is 1. The Hall–Kier alpha value is -1.44. The molecule has 0 spiro atoms. The van der Waals surface area contributed by atoms with Gasteiger partial charge in [-0.25, -0.2) is 17.5 Å². The van der Waals surface area contributed by atoms with E-state index in [-0.39, 0.29) is 11.0 Å². The van der Waals surface area contributed by atoms with E-state index in [1.165, 1.54) is 38.4 Å². The molecule has 7 heteroatoms. The number of hydrogen-bond donors (Lipinski definition) is 0. The molecule has 6 nitrogen and oxygen atoms in total. The average molecular weight is 326 g/mol. The zero-order valence-corrected chi connectivity index (χ0v) is 14.0. The number of rotatable bonds is 4. The summed E-state index contributed by atoms with van der Waals surface area (Å²) in [5, 5.41) is 0.